The van der Waals surface area contributed by atoms with E-state index in [2.05, 4.69) is 32.2 Å². The van der Waals surface area contributed by atoms with Crippen molar-refractivity contribution in [1.29, 1.82) is 0 Å². The summed E-state index contributed by atoms with van der Waals surface area (Å²) >= 11 is 12.1. The Morgan fingerprint density at radius 1 is 1.11 bits per heavy atom. The van der Waals surface area contributed by atoms with E-state index in [1.165, 1.54) is 18.4 Å². The molecule has 1 rings (SSSR count). The largest absolute Gasteiger partial charge is 0.310 e. The molecule has 0 aliphatic heterocycles. The van der Waals surface area contributed by atoms with Crippen LogP contribution in [0.15, 0.2) is 18.2 Å². The number of hydrogen-bond acceptors (Lipinski definition) is 1. The predicted octanol–water partition coefficient (Wildman–Crippen LogP) is 5.86. The third-order valence-corrected chi connectivity index (χ3v) is 4.15. The maximum atomic E-state index is 6.13. The third kappa shape index (κ3) is 5.72. The minimum absolute atomic E-state index is 0.372. The summed E-state index contributed by atoms with van der Waals surface area (Å²) in [5.41, 5.74) is 1.24. The van der Waals surface area contributed by atoms with E-state index in [1.807, 2.05) is 12.1 Å². The Balaban J connectivity index is 2.79. The molecule has 108 valence electrons. The number of rotatable bonds is 8. The lowest BCUT2D eigenvalue weighted by Gasteiger charge is -2.23. The zero-order valence-corrected chi connectivity index (χ0v) is 13.7. The number of nitrogens with one attached hydrogen (secondary N) is 1. The number of benzene rings is 1. The molecule has 1 aromatic carbocycles. The van der Waals surface area contributed by atoms with Crippen molar-refractivity contribution in [1.82, 2.24) is 5.32 Å². The fourth-order valence-electron chi connectivity index (χ4n) is 2.40. The van der Waals surface area contributed by atoms with E-state index in [9.17, 15) is 0 Å². The van der Waals surface area contributed by atoms with Gasteiger partial charge in [-0.15, -0.1) is 0 Å². The Morgan fingerprint density at radius 3 is 2.42 bits per heavy atom. The van der Waals surface area contributed by atoms with Gasteiger partial charge < -0.3 is 5.32 Å². The zero-order valence-electron chi connectivity index (χ0n) is 12.2. The summed E-state index contributed by atoms with van der Waals surface area (Å²) in [6, 6.07) is 6.34. The maximum absolute atomic E-state index is 6.13. The lowest BCUT2D eigenvalue weighted by atomic mass is 9.93. The van der Waals surface area contributed by atoms with Gasteiger partial charge in [-0.2, -0.15) is 0 Å². The van der Waals surface area contributed by atoms with Gasteiger partial charge in [-0.3, -0.25) is 0 Å². The molecule has 0 fully saturated rings. The smallest absolute Gasteiger partial charge is 0.0595 e. The molecule has 0 aliphatic carbocycles. The third-order valence-electron chi connectivity index (χ3n) is 3.41. The second kappa shape index (κ2) is 8.84. The molecule has 0 bridgehead atoms. The molecule has 0 saturated carbocycles. The van der Waals surface area contributed by atoms with Crippen molar-refractivity contribution in [3.05, 3.63) is 33.8 Å². The van der Waals surface area contributed by atoms with E-state index >= 15 is 0 Å². The van der Waals surface area contributed by atoms with Crippen molar-refractivity contribution in [2.45, 2.75) is 52.5 Å². The molecular weight excluding hydrogens is 277 g/mol. The van der Waals surface area contributed by atoms with Crippen LogP contribution in [0.4, 0.5) is 0 Å². The van der Waals surface area contributed by atoms with E-state index in [0.717, 1.165) is 19.4 Å². The first kappa shape index (κ1) is 16.8. The predicted molar refractivity (Wildman–Crippen MR) is 86.2 cm³/mol. The highest BCUT2D eigenvalue weighted by Gasteiger charge is 2.15. The molecule has 0 radical (unpaired) electrons. The van der Waals surface area contributed by atoms with Crippen LogP contribution in [0.1, 0.15) is 58.1 Å². The molecule has 3 heteroatoms. The Morgan fingerprint density at radius 2 is 1.84 bits per heavy atom. The van der Waals surface area contributed by atoms with Crippen LogP contribution in [-0.4, -0.2) is 6.54 Å². The summed E-state index contributed by atoms with van der Waals surface area (Å²) < 4.78 is 0. The summed E-state index contributed by atoms with van der Waals surface area (Å²) in [6.45, 7) is 7.78. The second-order valence-corrected chi connectivity index (χ2v) is 6.12. The minimum atomic E-state index is 0.372. The van der Waals surface area contributed by atoms with Crippen LogP contribution in [0, 0.1) is 5.92 Å². The van der Waals surface area contributed by atoms with E-state index in [1.54, 1.807) is 0 Å². The van der Waals surface area contributed by atoms with E-state index in [4.69, 9.17) is 23.2 Å². The van der Waals surface area contributed by atoms with Crippen molar-refractivity contribution in [3.8, 4) is 0 Å². The molecule has 0 aromatic heterocycles. The normalized spacial score (nSPS) is 14.4. The first-order valence-corrected chi connectivity index (χ1v) is 8.02. The highest BCUT2D eigenvalue weighted by atomic mass is 35.5. The molecule has 19 heavy (non-hydrogen) atoms. The summed E-state index contributed by atoms with van der Waals surface area (Å²) in [7, 11) is 0. The lowest BCUT2D eigenvalue weighted by Crippen LogP contribution is -2.24. The molecule has 0 aliphatic rings. The molecule has 1 N–H and O–H groups in total. The summed E-state index contributed by atoms with van der Waals surface area (Å²) in [5, 5.41) is 4.89. The first-order chi connectivity index (χ1) is 9.08. The van der Waals surface area contributed by atoms with Crippen LogP contribution < -0.4 is 5.32 Å². The van der Waals surface area contributed by atoms with Gasteiger partial charge in [0, 0.05) is 6.04 Å². The Kier molecular flexibility index (Phi) is 7.82. The molecule has 2 unspecified atom stereocenters. The van der Waals surface area contributed by atoms with Gasteiger partial charge in [0.2, 0.25) is 0 Å². The van der Waals surface area contributed by atoms with Crippen LogP contribution in [-0.2, 0) is 0 Å². The van der Waals surface area contributed by atoms with Crippen molar-refractivity contribution in [2.24, 2.45) is 5.92 Å². The molecule has 2 atom stereocenters. The monoisotopic (exact) mass is 301 g/mol. The fraction of sp³-hybridized carbons (Fsp3) is 0.625. The standard InChI is InChI=1S/C16H25Cl2N/c1-4-6-12(3)10-16(19-9-5-2)13-7-8-14(17)15(18)11-13/h7-8,11-12,16,19H,4-6,9-10H2,1-3H3. The van der Waals surface area contributed by atoms with Gasteiger partial charge in [-0.05, 0) is 43.0 Å². The molecule has 0 saturated heterocycles. The summed E-state index contributed by atoms with van der Waals surface area (Å²) in [6.07, 6.45) is 4.79. The van der Waals surface area contributed by atoms with Crippen LogP contribution in [0.3, 0.4) is 0 Å². The van der Waals surface area contributed by atoms with E-state index in [0.29, 0.717) is 22.0 Å². The van der Waals surface area contributed by atoms with Gasteiger partial charge in [0.05, 0.1) is 10.0 Å². The quantitative estimate of drug-likeness (QED) is 0.634. The van der Waals surface area contributed by atoms with E-state index < -0.39 is 0 Å². The lowest BCUT2D eigenvalue weighted by molar-refractivity contribution is 0.390. The average molecular weight is 302 g/mol. The molecular formula is C16H25Cl2N. The first-order valence-electron chi connectivity index (χ1n) is 7.26. The van der Waals surface area contributed by atoms with Gasteiger partial charge in [0.1, 0.15) is 0 Å². The Labute approximate surface area is 127 Å². The van der Waals surface area contributed by atoms with Crippen LogP contribution in [0.5, 0.6) is 0 Å². The minimum Gasteiger partial charge on any atom is -0.310 e. The Bertz CT molecular complexity index is 379. The van der Waals surface area contributed by atoms with Crippen LogP contribution in [0.2, 0.25) is 10.0 Å². The molecule has 1 aromatic rings. The summed E-state index contributed by atoms with van der Waals surface area (Å²) in [4.78, 5) is 0. The topological polar surface area (TPSA) is 12.0 Å². The van der Waals surface area contributed by atoms with Crippen LogP contribution in [0.25, 0.3) is 0 Å². The summed E-state index contributed by atoms with van der Waals surface area (Å²) in [5.74, 6) is 0.716. The van der Waals surface area contributed by atoms with Gasteiger partial charge in [0.15, 0.2) is 0 Å². The van der Waals surface area contributed by atoms with E-state index in [-0.39, 0.29) is 0 Å². The molecule has 0 spiro atoms. The van der Waals surface area contributed by atoms with Crippen molar-refractivity contribution < 1.29 is 0 Å². The average Bonchev–Trinajstić information content (AvgIpc) is 2.38. The van der Waals surface area contributed by atoms with Gasteiger partial charge in [-0.1, -0.05) is 62.9 Å². The molecule has 0 heterocycles. The molecule has 0 amide bonds. The number of hydrogen-bond donors (Lipinski definition) is 1. The molecule has 1 nitrogen and oxygen atoms in total. The Hall–Kier alpha value is -0.240. The SMILES string of the molecule is CCCNC(CC(C)CCC)c1ccc(Cl)c(Cl)c1. The van der Waals surface area contributed by atoms with Crippen molar-refractivity contribution in [3.63, 3.8) is 0 Å². The van der Waals surface area contributed by atoms with Gasteiger partial charge >= 0.3 is 0 Å². The van der Waals surface area contributed by atoms with Gasteiger partial charge in [-0.25, -0.2) is 0 Å². The van der Waals surface area contributed by atoms with Crippen LogP contribution >= 0.6 is 23.2 Å². The maximum Gasteiger partial charge on any atom is 0.0595 e. The van der Waals surface area contributed by atoms with Crippen molar-refractivity contribution >= 4 is 23.2 Å². The van der Waals surface area contributed by atoms with Crippen molar-refractivity contribution in [2.75, 3.05) is 6.54 Å². The zero-order chi connectivity index (χ0) is 14.3. The highest BCUT2D eigenvalue weighted by Crippen LogP contribution is 2.29. The fourth-order valence-corrected chi connectivity index (χ4v) is 2.70. The number of halogens is 2. The van der Waals surface area contributed by atoms with Gasteiger partial charge in [0.25, 0.3) is 0 Å². The highest BCUT2D eigenvalue weighted by molar-refractivity contribution is 6.42. The second-order valence-electron chi connectivity index (χ2n) is 5.31.